The molecule has 0 radical (unpaired) electrons. The second-order valence-electron chi connectivity index (χ2n) is 7.03. The van der Waals surface area contributed by atoms with Crippen molar-refractivity contribution in [3.8, 4) is 28.7 Å². The van der Waals surface area contributed by atoms with Crippen molar-refractivity contribution in [1.82, 2.24) is 5.32 Å². The van der Waals surface area contributed by atoms with E-state index >= 15 is 0 Å². The van der Waals surface area contributed by atoms with E-state index in [-0.39, 0.29) is 35.1 Å². The van der Waals surface area contributed by atoms with Gasteiger partial charge in [0, 0.05) is 17.7 Å². The van der Waals surface area contributed by atoms with Crippen LogP contribution in [0.3, 0.4) is 0 Å². The molecule has 6 nitrogen and oxygen atoms in total. The smallest absolute Gasteiger partial charge is 0.157 e. The number of hydrogen-bond donors (Lipinski definition) is 5. The largest absolute Gasteiger partial charge is 0.507 e. The Bertz CT molecular complexity index is 829. The topological polar surface area (TPSA) is 102 Å². The van der Waals surface area contributed by atoms with Crippen molar-refractivity contribution in [2.75, 3.05) is 6.54 Å². The minimum atomic E-state index is -0.313. The first-order chi connectivity index (χ1) is 12.5. The molecule has 6 heteroatoms. The van der Waals surface area contributed by atoms with Gasteiger partial charge in [0.05, 0.1) is 5.56 Å². The Balaban J connectivity index is 1.64. The van der Waals surface area contributed by atoms with E-state index in [1.807, 2.05) is 0 Å². The molecule has 0 aliphatic carbocycles. The van der Waals surface area contributed by atoms with Gasteiger partial charge in [-0.1, -0.05) is 12.5 Å². The molecule has 2 aromatic carbocycles. The van der Waals surface area contributed by atoms with E-state index in [1.165, 1.54) is 12.1 Å². The Morgan fingerprint density at radius 3 is 2.50 bits per heavy atom. The lowest BCUT2D eigenvalue weighted by atomic mass is 9.90. The lowest BCUT2D eigenvalue weighted by Crippen LogP contribution is -2.27. The van der Waals surface area contributed by atoms with Crippen LogP contribution in [0.15, 0.2) is 24.3 Å². The van der Waals surface area contributed by atoms with Crippen molar-refractivity contribution in [2.45, 2.75) is 44.2 Å². The van der Waals surface area contributed by atoms with Crippen LogP contribution < -0.4 is 10.1 Å². The van der Waals surface area contributed by atoms with Gasteiger partial charge in [-0.25, -0.2) is 0 Å². The highest BCUT2D eigenvalue weighted by Crippen LogP contribution is 2.47. The number of ether oxygens (including phenoxy) is 1. The molecule has 0 amide bonds. The number of piperidine rings is 1. The predicted octanol–water partition coefficient (Wildman–Crippen LogP) is 3.39. The highest BCUT2D eigenvalue weighted by molar-refractivity contribution is 5.58. The third-order valence-corrected chi connectivity index (χ3v) is 5.34. The summed E-state index contributed by atoms with van der Waals surface area (Å²) in [6.45, 7) is 0.879. The first kappa shape index (κ1) is 16.8. The molecular weight excluding hydrogens is 334 g/mol. The molecule has 0 aromatic heterocycles. The SMILES string of the molecule is Oc1ccc(C2CCc3c(cc(O)c(C4CCCCN4)c3O)O2)cc1O. The fraction of sp³-hybridized carbons (Fsp3) is 0.400. The second-order valence-corrected chi connectivity index (χ2v) is 7.03. The lowest BCUT2D eigenvalue weighted by molar-refractivity contribution is 0.173. The van der Waals surface area contributed by atoms with Crippen LogP contribution in [0.1, 0.15) is 54.5 Å². The van der Waals surface area contributed by atoms with E-state index in [0.29, 0.717) is 29.7 Å². The molecule has 1 fully saturated rings. The summed E-state index contributed by atoms with van der Waals surface area (Å²) in [5, 5.41) is 43.8. The maximum absolute atomic E-state index is 10.8. The molecule has 2 heterocycles. The summed E-state index contributed by atoms with van der Waals surface area (Å²) in [4.78, 5) is 0. The number of nitrogens with one attached hydrogen (secondary N) is 1. The lowest BCUT2D eigenvalue weighted by Gasteiger charge is -2.31. The molecule has 1 saturated heterocycles. The van der Waals surface area contributed by atoms with E-state index in [4.69, 9.17) is 4.74 Å². The number of benzene rings is 2. The summed E-state index contributed by atoms with van der Waals surface area (Å²) in [5.41, 5.74) is 2.01. The quantitative estimate of drug-likeness (QED) is 0.528. The van der Waals surface area contributed by atoms with Crippen molar-refractivity contribution in [3.63, 3.8) is 0 Å². The van der Waals surface area contributed by atoms with Gasteiger partial charge in [-0.2, -0.15) is 0 Å². The van der Waals surface area contributed by atoms with Crippen molar-refractivity contribution in [1.29, 1.82) is 0 Å². The number of phenols is 4. The highest BCUT2D eigenvalue weighted by atomic mass is 16.5. The molecule has 0 saturated carbocycles. The van der Waals surface area contributed by atoms with Crippen LogP contribution in [0, 0.1) is 0 Å². The predicted molar refractivity (Wildman–Crippen MR) is 95.8 cm³/mol. The molecule has 2 atom stereocenters. The monoisotopic (exact) mass is 357 g/mol. The fourth-order valence-corrected chi connectivity index (χ4v) is 3.94. The van der Waals surface area contributed by atoms with Crippen molar-refractivity contribution in [3.05, 3.63) is 41.0 Å². The van der Waals surface area contributed by atoms with Crippen LogP contribution in [0.2, 0.25) is 0 Å². The van der Waals surface area contributed by atoms with E-state index in [9.17, 15) is 20.4 Å². The van der Waals surface area contributed by atoms with Gasteiger partial charge in [-0.05, 0) is 49.9 Å². The normalized spacial score (nSPS) is 22.5. The number of phenolic OH excluding ortho intramolecular Hbond substituents is 4. The third kappa shape index (κ3) is 2.90. The molecule has 138 valence electrons. The average Bonchev–Trinajstić information content (AvgIpc) is 2.64. The van der Waals surface area contributed by atoms with Crippen molar-refractivity contribution < 1.29 is 25.2 Å². The van der Waals surface area contributed by atoms with Crippen molar-refractivity contribution in [2.24, 2.45) is 0 Å². The summed E-state index contributed by atoms with van der Waals surface area (Å²) in [6.07, 6.45) is 3.98. The zero-order valence-corrected chi connectivity index (χ0v) is 14.4. The molecule has 26 heavy (non-hydrogen) atoms. The van der Waals surface area contributed by atoms with Gasteiger partial charge < -0.3 is 30.5 Å². The van der Waals surface area contributed by atoms with E-state index in [2.05, 4.69) is 5.32 Å². The first-order valence-electron chi connectivity index (χ1n) is 9.04. The summed E-state index contributed by atoms with van der Waals surface area (Å²) < 4.78 is 5.98. The van der Waals surface area contributed by atoms with Crippen LogP contribution in [0.4, 0.5) is 0 Å². The summed E-state index contributed by atoms with van der Waals surface area (Å²) in [6, 6.07) is 6.14. The number of aromatic hydroxyl groups is 4. The molecule has 2 unspecified atom stereocenters. The van der Waals surface area contributed by atoms with Crippen LogP contribution >= 0.6 is 0 Å². The van der Waals surface area contributed by atoms with Crippen LogP contribution in [-0.2, 0) is 6.42 Å². The molecule has 0 spiro atoms. The fourth-order valence-electron chi connectivity index (χ4n) is 3.94. The maximum Gasteiger partial charge on any atom is 0.157 e. The van der Waals surface area contributed by atoms with Crippen LogP contribution in [0.5, 0.6) is 28.7 Å². The molecule has 5 N–H and O–H groups in total. The Kier molecular flexibility index (Phi) is 4.28. The number of rotatable bonds is 2. The van der Waals surface area contributed by atoms with Crippen molar-refractivity contribution >= 4 is 0 Å². The Labute approximate surface area is 151 Å². The van der Waals surface area contributed by atoms with E-state index in [0.717, 1.165) is 31.4 Å². The molecular formula is C20H23NO5. The number of hydrogen-bond acceptors (Lipinski definition) is 6. The Morgan fingerprint density at radius 2 is 1.77 bits per heavy atom. The molecule has 2 aliphatic heterocycles. The zero-order valence-electron chi connectivity index (χ0n) is 14.4. The third-order valence-electron chi connectivity index (χ3n) is 5.34. The minimum absolute atomic E-state index is 0.0369. The second kappa shape index (κ2) is 6.61. The molecule has 0 bridgehead atoms. The van der Waals surface area contributed by atoms with Gasteiger partial charge in [-0.3, -0.25) is 0 Å². The van der Waals surface area contributed by atoms with Gasteiger partial charge in [-0.15, -0.1) is 0 Å². The van der Waals surface area contributed by atoms with Gasteiger partial charge in [0.1, 0.15) is 23.4 Å². The van der Waals surface area contributed by atoms with E-state index in [1.54, 1.807) is 12.1 Å². The first-order valence-corrected chi connectivity index (χ1v) is 9.04. The molecule has 4 rings (SSSR count). The van der Waals surface area contributed by atoms with Gasteiger partial charge in [0.25, 0.3) is 0 Å². The van der Waals surface area contributed by atoms with Gasteiger partial charge in [0.15, 0.2) is 11.5 Å². The molecule has 2 aliphatic rings. The van der Waals surface area contributed by atoms with E-state index < -0.39 is 0 Å². The van der Waals surface area contributed by atoms with Gasteiger partial charge in [0.2, 0.25) is 0 Å². The molecule has 2 aromatic rings. The average molecular weight is 357 g/mol. The van der Waals surface area contributed by atoms with Crippen LogP contribution in [0.25, 0.3) is 0 Å². The zero-order chi connectivity index (χ0) is 18.3. The number of fused-ring (bicyclic) bond motifs is 1. The Hall–Kier alpha value is -2.60. The Morgan fingerprint density at radius 1 is 0.923 bits per heavy atom. The van der Waals surface area contributed by atoms with Crippen LogP contribution in [-0.4, -0.2) is 27.0 Å². The maximum atomic E-state index is 10.8. The summed E-state index contributed by atoms with van der Waals surface area (Å²) in [5.74, 6) is 0.246. The minimum Gasteiger partial charge on any atom is -0.507 e. The summed E-state index contributed by atoms with van der Waals surface area (Å²) >= 11 is 0. The summed E-state index contributed by atoms with van der Waals surface area (Å²) in [7, 11) is 0. The highest BCUT2D eigenvalue weighted by Gasteiger charge is 2.30. The standard InChI is InChI=1S/C20H23NO5/c22-14-6-4-11(9-15(14)23)17-7-5-12-18(26-17)10-16(24)19(20(12)25)13-3-1-2-8-21-13/h4,6,9-10,13,17,21-25H,1-3,5,7-8H2. The van der Waals surface area contributed by atoms with Gasteiger partial charge >= 0.3 is 0 Å².